The Morgan fingerprint density at radius 1 is 0.857 bits per heavy atom. The summed E-state index contributed by atoms with van der Waals surface area (Å²) in [5.41, 5.74) is 2.78. The van der Waals surface area contributed by atoms with Gasteiger partial charge in [0.05, 0.1) is 0 Å². The van der Waals surface area contributed by atoms with Crippen LogP contribution >= 0.6 is 0 Å². The molecule has 3 aromatic rings. The number of hydrogen-bond acceptors (Lipinski definition) is 2. The Kier molecular flexibility index (Phi) is 8.66. The molecule has 0 aliphatic heterocycles. The van der Waals surface area contributed by atoms with E-state index in [4.69, 9.17) is 0 Å². The number of hydrogen-bond donors (Lipinski definition) is 2. The minimum atomic E-state index is -0.630. The largest absolute Gasteiger partial charge is 0.350 e. The molecule has 3 atom stereocenters. The minimum Gasteiger partial charge on any atom is -0.350 e. The number of halogens is 1. The van der Waals surface area contributed by atoms with Gasteiger partial charge in [0.1, 0.15) is 11.9 Å². The molecule has 4 nitrogen and oxygen atoms in total. The second kappa shape index (κ2) is 12.3. The van der Waals surface area contributed by atoms with Crippen LogP contribution in [0.15, 0.2) is 84.9 Å². The maximum absolute atomic E-state index is 13.2. The van der Waals surface area contributed by atoms with Crippen LogP contribution in [0.1, 0.15) is 65.9 Å². The first-order valence-electron chi connectivity index (χ1n) is 12.5. The molecule has 2 amide bonds. The van der Waals surface area contributed by atoms with Crippen molar-refractivity contribution < 1.29 is 14.0 Å². The van der Waals surface area contributed by atoms with Crippen LogP contribution in [0.2, 0.25) is 0 Å². The van der Waals surface area contributed by atoms with E-state index in [0.29, 0.717) is 24.4 Å². The highest BCUT2D eigenvalue weighted by molar-refractivity contribution is 5.97. The zero-order valence-corrected chi connectivity index (χ0v) is 20.0. The Balaban J connectivity index is 1.25. The molecule has 0 bridgehead atoms. The van der Waals surface area contributed by atoms with Crippen molar-refractivity contribution in [1.82, 2.24) is 10.6 Å². The van der Waals surface area contributed by atoms with Gasteiger partial charge < -0.3 is 10.6 Å². The lowest BCUT2D eigenvalue weighted by Gasteiger charge is -2.19. The number of nitrogens with one attached hydrogen (secondary N) is 2. The van der Waals surface area contributed by atoms with Gasteiger partial charge in [-0.3, -0.25) is 9.59 Å². The maximum atomic E-state index is 13.2. The highest BCUT2D eigenvalue weighted by atomic mass is 19.1. The van der Waals surface area contributed by atoms with Gasteiger partial charge in [-0.15, -0.1) is 0 Å². The van der Waals surface area contributed by atoms with E-state index in [2.05, 4.69) is 41.0 Å². The molecule has 0 aromatic heterocycles. The van der Waals surface area contributed by atoms with E-state index in [1.165, 1.54) is 42.7 Å². The molecule has 1 aliphatic rings. The van der Waals surface area contributed by atoms with Crippen LogP contribution in [0, 0.1) is 11.7 Å². The first-order chi connectivity index (χ1) is 17.1. The molecule has 0 spiro atoms. The fourth-order valence-corrected chi connectivity index (χ4v) is 4.63. The third-order valence-electron chi connectivity index (χ3n) is 6.76. The molecule has 2 unspecified atom stereocenters. The number of rotatable bonds is 12. The van der Waals surface area contributed by atoms with E-state index in [-0.39, 0.29) is 11.8 Å². The summed E-state index contributed by atoms with van der Waals surface area (Å²) in [6.45, 7) is 0.408. The molecule has 1 aliphatic carbocycles. The third-order valence-corrected chi connectivity index (χ3v) is 6.76. The molecule has 1 saturated carbocycles. The molecular formula is C30H33FN2O2. The van der Waals surface area contributed by atoms with Crippen LogP contribution in [0.5, 0.6) is 0 Å². The number of amides is 2. The second-order valence-corrected chi connectivity index (χ2v) is 9.39. The SMILES string of the molecule is O=C(N[C@@H](CCCCCC1CC1c1ccccc1)C(=O)NCc1ccccc1)c1ccc(F)cc1. The normalized spacial score (nSPS) is 17.4. The first-order valence-corrected chi connectivity index (χ1v) is 12.5. The van der Waals surface area contributed by atoms with Gasteiger partial charge >= 0.3 is 0 Å². The van der Waals surface area contributed by atoms with Crippen LogP contribution < -0.4 is 10.6 Å². The van der Waals surface area contributed by atoms with E-state index in [1.807, 2.05) is 30.3 Å². The molecule has 35 heavy (non-hydrogen) atoms. The van der Waals surface area contributed by atoms with E-state index < -0.39 is 11.9 Å². The molecule has 2 N–H and O–H groups in total. The standard InChI is InChI=1S/C30H33FN2O2/c31-26-18-16-24(17-19-26)29(34)33-28(30(35)32-21-22-10-4-1-5-11-22)15-9-3-8-14-25-20-27(25)23-12-6-2-7-13-23/h1-2,4-7,10-13,16-19,25,27-28H,3,8-9,14-15,20-21H2,(H,32,35)(H,33,34)/t25?,27?,28-/m0/s1. The smallest absolute Gasteiger partial charge is 0.251 e. The molecule has 0 saturated heterocycles. The van der Waals surface area contributed by atoms with Crippen LogP contribution in [-0.2, 0) is 11.3 Å². The lowest BCUT2D eigenvalue weighted by Crippen LogP contribution is -2.46. The van der Waals surface area contributed by atoms with Crippen molar-refractivity contribution in [1.29, 1.82) is 0 Å². The minimum absolute atomic E-state index is 0.198. The van der Waals surface area contributed by atoms with Crippen LogP contribution in [-0.4, -0.2) is 17.9 Å². The molecule has 3 aromatic carbocycles. The van der Waals surface area contributed by atoms with Gasteiger partial charge in [0.25, 0.3) is 5.91 Å². The van der Waals surface area contributed by atoms with Gasteiger partial charge in [0.15, 0.2) is 0 Å². The Bertz CT molecular complexity index is 1090. The summed E-state index contributed by atoms with van der Waals surface area (Å²) in [6.07, 6.45) is 6.04. The number of carbonyl (C=O) groups is 2. The molecule has 4 rings (SSSR count). The predicted octanol–water partition coefficient (Wildman–Crippen LogP) is 5.99. The fraction of sp³-hybridized carbons (Fsp3) is 0.333. The fourth-order valence-electron chi connectivity index (χ4n) is 4.63. The van der Waals surface area contributed by atoms with Crippen molar-refractivity contribution in [2.45, 2.75) is 57.0 Å². The average molecular weight is 473 g/mol. The zero-order chi connectivity index (χ0) is 24.5. The predicted molar refractivity (Wildman–Crippen MR) is 136 cm³/mol. The highest BCUT2D eigenvalue weighted by Crippen LogP contribution is 2.50. The van der Waals surface area contributed by atoms with E-state index in [9.17, 15) is 14.0 Å². The van der Waals surface area contributed by atoms with Gasteiger partial charge in [0, 0.05) is 12.1 Å². The summed E-state index contributed by atoms with van der Waals surface area (Å²) < 4.78 is 13.2. The molecule has 5 heteroatoms. The lowest BCUT2D eigenvalue weighted by atomic mass is 10.0. The second-order valence-electron chi connectivity index (χ2n) is 9.39. The molecule has 0 radical (unpaired) electrons. The summed E-state index contributed by atoms with van der Waals surface area (Å²) in [5.74, 6) is 0.497. The topological polar surface area (TPSA) is 58.2 Å². The number of carbonyl (C=O) groups excluding carboxylic acids is 2. The zero-order valence-electron chi connectivity index (χ0n) is 20.0. The monoisotopic (exact) mass is 472 g/mol. The molecule has 1 fully saturated rings. The number of unbranched alkanes of at least 4 members (excludes halogenated alkanes) is 2. The van der Waals surface area contributed by atoms with Crippen LogP contribution in [0.25, 0.3) is 0 Å². The van der Waals surface area contributed by atoms with Crippen LogP contribution in [0.4, 0.5) is 4.39 Å². The lowest BCUT2D eigenvalue weighted by molar-refractivity contribution is -0.123. The summed E-state index contributed by atoms with van der Waals surface area (Å²) in [4.78, 5) is 25.6. The highest BCUT2D eigenvalue weighted by Gasteiger charge is 2.37. The van der Waals surface area contributed by atoms with Gasteiger partial charge in [-0.2, -0.15) is 0 Å². The summed E-state index contributed by atoms with van der Waals surface area (Å²) in [7, 11) is 0. The summed E-state index contributed by atoms with van der Waals surface area (Å²) in [5, 5.41) is 5.80. The third kappa shape index (κ3) is 7.51. The molecular weight excluding hydrogens is 439 g/mol. The summed E-state index contributed by atoms with van der Waals surface area (Å²) in [6, 6.07) is 25.1. The summed E-state index contributed by atoms with van der Waals surface area (Å²) >= 11 is 0. The van der Waals surface area contributed by atoms with E-state index in [1.54, 1.807) is 0 Å². The van der Waals surface area contributed by atoms with Crippen molar-refractivity contribution >= 4 is 11.8 Å². The Morgan fingerprint density at radius 3 is 2.26 bits per heavy atom. The Labute approximate surface area is 207 Å². The van der Waals surface area contributed by atoms with Crippen molar-refractivity contribution in [2.24, 2.45) is 5.92 Å². The van der Waals surface area contributed by atoms with Gasteiger partial charge in [0.2, 0.25) is 5.91 Å². The number of benzene rings is 3. The first kappa shape index (κ1) is 24.6. The molecule has 182 valence electrons. The maximum Gasteiger partial charge on any atom is 0.251 e. The van der Waals surface area contributed by atoms with Gasteiger partial charge in [-0.25, -0.2) is 4.39 Å². The average Bonchev–Trinajstić information content (AvgIpc) is 3.67. The Hall–Kier alpha value is -3.47. The molecule has 0 heterocycles. The van der Waals surface area contributed by atoms with Crippen molar-refractivity contribution in [3.8, 4) is 0 Å². The Morgan fingerprint density at radius 2 is 1.54 bits per heavy atom. The van der Waals surface area contributed by atoms with Crippen molar-refractivity contribution in [3.63, 3.8) is 0 Å². The van der Waals surface area contributed by atoms with E-state index in [0.717, 1.165) is 30.7 Å². The van der Waals surface area contributed by atoms with E-state index >= 15 is 0 Å². The van der Waals surface area contributed by atoms with Gasteiger partial charge in [-0.05, 0) is 66.5 Å². The van der Waals surface area contributed by atoms with Crippen LogP contribution in [0.3, 0.4) is 0 Å². The van der Waals surface area contributed by atoms with Crippen molar-refractivity contribution in [3.05, 3.63) is 107 Å². The van der Waals surface area contributed by atoms with Crippen molar-refractivity contribution in [2.75, 3.05) is 0 Å². The van der Waals surface area contributed by atoms with Gasteiger partial charge in [-0.1, -0.05) is 79.9 Å². The quantitative estimate of drug-likeness (QED) is 0.318.